The predicted molar refractivity (Wildman–Crippen MR) is 119 cm³/mol. The molecule has 1 amide bonds. The fourth-order valence-corrected chi connectivity index (χ4v) is 3.86. The van der Waals surface area contributed by atoms with E-state index in [1.54, 1.807) is 12.3 Å². The summed E-state index contributed by atoms with van der Waals surface area (Å²) in [5.74, 6) is 0.0519. The van der Waals surface area contributed by atoms with Gasteiger partial charge in [-0.1, -0.05) is 60.7 Å². The number of hydrogen-bond donors (Lipinski definition) is 2. The van der Waals surface area contributed by atoms with Crippen LogP contribution in [0, 0.1) is 6.92 Å². The number of pyridine rings is 1. The van der Waals surface area contributed by atoms with Gasteiger partial charge in [0.1, 0.15) is 6.61 Å². The predicted octanol–water partition coefficient (Wildman–Crippen LogP) is 4.63. The number of carbonyl (C=O) groups is 1. The maximum atomic E-state index is 12.1. The fraction of sp³-hybridized carbons (Fsp3) is 0.200. The van der Waals surface area contributed by atoms with Crippen molar-refractivity contribution in [1.82, 2.24) is 10.3 Å². The van der Waals surface area contributed by atoms with Crippen LogP contribution in [0.5, 0.6) is 0 Å². The normalized spacial score (nSPS) is 12.6. The SMILES string of the molecule is Cc1c[nH]c(=O)c(C=CCCNC(=O)OCC2c3ccccc3-c3ccccc32)c1. The molecule has 5 heteroatoms. The van der Waals surface area contributed by atoms with Gasteiger partial charge in [0.2, 0.25) is 0 Å². The van der Waals surface area contributed by atoms with Crippen LogP contribution in [0.1, 0.15) is 34.6 Å². The first kappa shape index (κ1) is 19.7. The van der Waals surface area contributed by atoms with E-state index in [0.29, 0.717) is 25.1 Å². The maximum absolute atomic E-state index is 12.1. The molecule has 1 aromatic heterocycles. The summed E-state index contributed by atoms with van der Waals surface area (Å²) in [6, 6.07) is 18.3. The molecule has 2 aromatic carbocycles. The first-order valence-electron chi connectivity index (χ1n) is 10.1. The van der Waals surface area contributed by atoms with Crippen molar-refractivity contribution in [3.05, 3.63) is 99.5 Å². The molecule has 4 rings (SSSR count). The van der Waals surface area contributed by atoms with Crippen molar-refractivity contribution in [1.29, 1.82) is 0 Å². The molecule has 0 aliphatic heterocycles. The summed E-state index contributed by atoms with van der Waals surface area (Å²) in [7, 11) is 0. The zero-order chi connectivity index (χ0) is 20.9. The molecule has 0 bridgehead atoms. The molecule has 0 atom stereocenters. The largest absolute Gasteiger partial charge is 0.449 e. The van der Waals surface area contributed by atoms with Crippen LogP contribution in [-0.2, 0) is 4.74 Å². The van der Waals surface area contributed by atoms with Gasteiger partial charge in [-0.15, -0.1) is 0 Å². The molecule has 0 radical (unpaired) electrons. The highest BCUT2D eigenvalue weighted by Gasteiger charge is 2.28. The number of aromatic nitrogens is 1. The zero-order valence-electron chi connectivity index (χ0n) is 16.9. The molecular weight excluding hydrogens is 376 g/mol. The van der Waals surface area contributed by atoms with Gasteiger partial charge in [-0.2, -0.15) is 0 Å². The number of aromatic amines is 1. The third kappa shape index (κ3) is 4.20. The van der Waals surface area contributed by atoms with Crippen molar-refractivity contribution in [2.24, 2.45) is 0 Å². The topological polar surface area (TPSA) is 71.2 Å². The van der Waals surface area contributed by atoms with Gasteiger partial charge in [-0.25, -0.2) is 4.79 Å². The molecule has 5 nitrogen and oxygen atoms in total. The Kier molecular flexibility index (Phi) is 5.80. The van der Waals surface area contributed by atoms with Crippen molar-refractivity contribution < 1.29 is 9.53 Å². The van der Waals surface area contributed by atoms with Gasteiger partial charge in [0.15, 0.2) is 0 Å². The average Bonchev–Trinajstić information content (AvgIpc) is 3.08. The fourth-order valence-electron chi connectivity index (χ4n) is 3.86. The van der Waals surface area contributed by atoms with E-state index in [1.165, 1.54) is 22.3 Å². The van der Waals surface area contributed by atoms with E-state index in [-0.39, 0.29) is 11.5 Å². The third-order valence-electron chi connectivity index (χ3n) is 5.30. The van der Waals surface area contributed by atoms with Crippen LogP contribution in [0.3, 0.4) is 0 Å². The summed E-state index contributed by atoms with van der Waals surface area (Å²) in [5.41, 5.74) is 6.27. The lowest BCUT2D eigenvalue weighted by Gasteiger charge is -2.14. The van der Waals surface area contributed by atoms with Crippen LogP contribution in [0.2, 0.25) is 0 Å². The highest BCUT2D eigenvalue weighted by molar-refractivity contribution is 5.79. The summed E-state index contributed by atoms with van der Waals surface area (Å²) < 4.78 is 5.51. The third-order valence-corrected chi connectivity index (χ3v) is 5.30. The molecule has 0 spiro atoms. The van der Waals surface area contributed by atoms with Crippen LogP contribution in [0.15, 0.2) is 71.7 Å². The number of nitrogens with one attached hydrogen (secondary N) is 2. The van der Waals surface area contributed by atoms with Crippen LogP contribution >= 0.6 is 0 Å². The molecule has 0 unspecified atom stereocenters. The Hall–Kier alpha value is -3.60. The molecular formula is C25H24N2O3. The molecule has 0 saturated carbocycles. The number of alkyl carbamates (subject to hydrolysis) is 1. The van der Waals surface area contributed by atoms with Gasteiger partial charge >= 0.3 is 6.09 Å². The van der Waals surface area contributed by atoms with Gasteiger partial charge in [-0.3, -0.25) is 4.79 Å². The first-order chi connectivity index (χ1) is 14.6. The molecule has 30 heavy (non-hydrogen) atoms. The highest BCUT2D eigenvalue weighted by Crippen LogP contribution is 2.44. The van der Waals surface area contributed by atoms with E-state index in [2.05, 4.69) is 34.6 Å². The second-order valence-electron chi connectivity index (χ2n) is 7.40. The van der Waals surface area contributed by atoms with Crippen LogP contribution in [0.25, 0.3) is 17.2 Å². The first-order valence-corrected chi connectivity index (χ1v) is 10.1. The Morgan fingerprint density at radius 3 is 2.47 bits per heavy atom. The zero-order valence-corrected chi connectivity index (χ0v) is 16.9. The highest BCUT2D eigenvalue weighted by atomic mass is 16.5. The number of fused-ring (bicyclic) bond motifs is 3. The quantitative estimate of drug-likeness (QED) is 0.593. The second-order valence-corrected chi connectivity index (χ2v) is 7.40. The lowest BCUT2D eigenvalue weighted by molar-refractivity contribution is 0.143. The minimum absolute atomic E-state index is 0.0519. The van der Waals surface area contributed by atoms with E-state index >= 15 is 0 Å². The Labute approximate surface area is 175 Å². The molecule has 1 heterocycles. The number of rotatable bonds is 6. The van der Waals surface area contributed by atoms with Gasteiger partial charge in [-0.05, 0) is 47.2 Å². The summed E-state index contributed by atoms with van der Waals surface area (Å²) in [6.07, 6.45) is 5.49. The van der Waals surface area contributed by atoms with Crippen molar-refractivity contribution in [3.8, 4) is 11.1 Å². The number of amides is 1. The van der Waals surface area contributed by atoms with E-state index < -0.39 is 6.09 Å². The average molecular weight is 400 g/mol. The molecule has 1 aliphatic rings. The monoisotopic (exact) mass is 400 g/mol. The Morgan fingerprint density at radius 1 is 1.10 bits per heavy atom. The minimum Gasteiger partial charge on any atom is -0.449 e. The minimum atomic E-state index is -0.432. The molecule has 3 aromatic rings. The summed E-state index contributed by atoms with van der Waals surface area (Å²) in [4.78, 5) is 26.6. The summed E-state index contributed by atoms with van der Waals surface area (Å²) in [6.45, 7) is 2.66. The Bertz CT molecular complexity index is 1100. The van der Waals surface area contributed by atoms with Gasteiger partial charge < -0.3 is 15.0 Å². The van der Waals surface area contributed by atoms with Crippen molar-refractivity contribution in [2.45, 2.75) is 19.3 Å². The number of benzene rings is 2. The standard InChI is InChI=1S/C25H24N2O3/c1-17-14-18(24(28)27-15-17)8-6-7-13-26-25(29)30-16-23-21-11-4-2-9-19(21)20-10-3-5-12-22(20)23/h2-6,8-12,14-15,23H,7,13,16H2,1H3,(H,26,29)(H,27,28). The van der Waals surface area contributed by atoms with Crippen LogP contribution in [-0.4, -0.2) is 24.2 Å². The molecule has 1 aliphatic carbocycles. The second kappa shape index (κ2) is 8.82. The molecule has 152 valence electrons. The van der Waals surface area contributed by atoms with Crippen molar-refractivity contribution >= 4 is 12.2 Å². The molecule has 2 N–H and O–H groups in total. The number of aryl methyl sites for hydroxylation is 1. The number of H-pyrrole nitrogens is 1. The lowest BCUT2D eigenvalue weighted by Crippen LogP contribution is -2.26. The van der Waals surface area contributed by atoms with E-state index in [0.717, 1.165) is 5.56 Å². The Balaban J connectivity index is 1.29. The van der Waals surface area contributed by atoms with E-state index in [4.69, 9.17) is 4.74 Å². The molecule has 0 saturated heterocycles. The smallest absolute Gasteiger partial charge is 0.407 e. The van der Waals surface area contributed by atoms with E-state index in [1.807, 2.05) is 43.3 Å². The van der Waals surface area contributed by atoms with Gasteiger partial charge in [0.25, 0.3) is 5.56 Å². The maximum Gasteiger partial charge on any atom is 0.407 e. The Morgan fingerprint density at radius 2 is 1.77 bits per heavy atom. The van der Waals surface area contributed by atoms with Crippen LogP contribution < -0.4 is 10.9 Å². The van der Waals surface area contributed by atoms with Gasteiger partial charge in [0, 0.05) is 24.2 Å². The molecule has 0 fully saturated rings. The van der Waals surface area contributed by atoms with Crippen LogP contribution in [0.4, 0.5) is 4.79 Å². The lowest BCUT2D eigenvalue weighted by atomic mass is 9.98. The van der Waals surface area contributed by atoms with Crippen molar-refractivity contribution in [2.75, 3.05) is 13.2 Å². The summed E-state index contributed by atoms with van der Waals surface area (Å²) in [5, 5.41) is 2.77. The van der Waals surface area contributed by atoms with Crippen molar-refractivity contribution in [3.63, 3.8) is 0 Å². The number of hydrogen-bond acceptors (Lipinski definition) is 3. The van der Waals surface area contributed by atoms with Gasteiger partial charge in [0.05, 0.1) is 0 Å². The number of carbonyl (C=O) groups excluding carboxylic acids is 1. The van der Waals surface area contributed by atoms with E-state index in [9.17, 15) is 9.59 Å². The summed E-state index contributed by atoms with van der Waals surface area (Å²) >= 11 is 0. The number of ether oxygens (including phenoxy) is 1.